The van der Waals surface area contributed by atoms with Crippen molar-refractivity contribution in [2.45, 2.75) is 19.8 Å². The van der Waals surface area contributed by atoms with E-state index in [9.17, 15) is 19.1 Å². The van der Waals surface area contributed by atoms with Crippen LogP contribution in [-0.2, 0) is 4.79 Å². The third-order valence-electron chi connectivity index (χ3n) is 3.59. The average Bonchev–Trinajstić information content (AvgIpc) is 2.39. The summed E-state index contributed by atoms with van der Waals surface area (Å²) in [6.07, 6.45) is 1.23. The van der Waals surface area contributed by atoms with Gasteiger partial charge in [0.05, 0.1) is 5.41 Å². The molecule has 0 bridgehead atoms. The van der Waals surface area contributed by atoms with Gasteiger partial charge in [-0.15, -0.1) is 0 Å². The average molecular weight is 265 g/mol. The Labute approximate surface area is 110 Å². The van der Waals surface area contributed by atoms with Crippen LogP contribution in [0.25, 0.3) is 0 Å². The number of hydrogen-bond acceptors (Lipinski definition) is 2. The van der Waals surface area contributed by atoms with Crippen LogP contribution in [0.3, 0.4) is 0 Å². The van der Waals surface area contributed by atoms with E-state index in [0.717, 1.165) is 0 Å². The predicted molar refractivity (Wildman–Crippen MR) is 67.3 cm³/mol. The van der Waals surface area contributed by atoms with Crippen molar-refractivity contribution in [2.24, 2.45) is 5.41 Å². The molecule has 1 aliphatic rings. The lowest BCUT2D eigenvalue weighted by Crippen LogP contribution is -2.48. The third-order valence-corrected chi connectivity index (χ3v) is 3.59. The van der Waals surface area contributed by atoms with E-state index in [1.807, 2.05) is 0 Å². The monoisotopic (exact) mass is 265 g/mol. The summed E-state index contributed by atoms with van der Waals surface area (Å²) in [5, 5.41) is 9.22. The van der Waals surface area contributed by atoms with Gasteiger partial charge in [0.15, 0.2) is 0 Å². The van der Waals surface area contributed by atoms with Crippen LogP contribution >= 0.6 is 0 Å². The second-order valence-corrected chi connectivity index (χ2v) is 5.20. The van der Waals surface area contributed by atoms with Crippen molar-refractivity contribution in [3.8, 4) is 0 Å². The number of piperidine rings is 1. The van der Waals surface area contributed by atoms with E-state index < -0.39 is 17.2 Å². The minimum atomic E-state index is -0.895. The molecule has 0 saturated carbocycles. The van der Waals surface area contributed by atoms with Crippen molar-refractivity contribution in [3.05, 3.63) is 35.6 Å². The molecule has 102 valence electrons. The van der Waals surface area contributed by atoms with E-state index in [0.29, 0.717) is 24.9 Å². The Kier molecular flexibility index (Phi) is 3.55. The highest BCUT2D eigenvalue weighted by molar-refractivity contribution is 5.94. The highest BCUT2D eigenvalue weighted by atomic mass is 19.1. The maximum atomic E-state index is 12.8. The summed E-state index contributed by atoms with van der Waals surface area (Å²) in [4.78, 5) is 25.0. The van der Waals surface area contributed by atoms with Crippen molar-refractivity contribution in [1.82, 2.24) is 4.90 Å². The fraction of sp³-hybridized carbons (Fsp3) is 0.429. The van der Waals surface area contributed by atoms with Gasteiger partial charge in [-0.1, -0.05) is 0 Å². The SMILES string of the molecule is CC1(C(=O)O)CCCN(C(=O)c2ccc(F)cc2)C1. The fourth-order valence-corrected chi connectivity index (χ4v) is 2.36. The van der Waals surface area contributed by atoms with E-state index in [1.165, 1.54) is 29.2 Å². The molecule has 1 N–H and O–H groups in total. The molecule has 1 atom stereocenters. The summed E-state index contributed by atoms with van der Waals surface area (Å²) in [6, 6.07) is 5.30. The van der Waals surface area contributed by atoms with Crippen LogP contribution in [0, 0.1) is 11.2 Å². The van der Waals surface area contributed by atoms with E-state index in [1.54, 1.807) is 6.92 Å². The largest absolute Gasteiger partial charge is 0.481 e. The van der Waals surface area contributed by atoms with Crippen LogP contribution in [-0.4, -0.2) is 35.0 Å². The molecular formula is C14H16FNO3. The molecule has 1 amide bonds. The third kappa shape index (κ3) is 2.75. The van der Waals surface area contributed by atoms with Gasteiger partial charge in [-0.3, -0.25) is 9.59 Å². The van der Waals surface area contributed by atoms with Gasteiger partial charge in [0, 0.05) is 18.7 Å². The van der Waals surface area contributed by atoms with E-state index >= 15 is 0 Å². The summed E-state index contributed by atoms with van der Waals surface area (Å²) in [6.45, 7) is 2.39. The minimum absolute atomic E-state index is 0.193. The Morgan fingerprint density at radius 1 is 1.32 bits per heavy atom. The lowest BCUT2D eigenvalue weighted by molar-refractivity contribution is -0.150. The van der Waals surface area contributed by atoms with Gasteiger partial charge in [-0.05, 0) is 44.0 Å². The zero-order chi connectivity index (χ0) is 14.0. The lowest BCUT2D eigenvalue weighted by Gasteiger charge is -2.37. The number of aliphatic carboxylic acids is 1. The topological polar surface area (TPSA) is 57.6 Å². The first kappa shape index (κ1) is 13.5. The molecule has 1 aromatic rings. The molecule has 0 aromatic heterocycles. The smallest absolute Gasteiger partial charge is 0.311 e. The Hall–Kier alpha value is -1.91. The first-order valence-electron chi connectivity index (χ1n) is 6.21. The van der Waals surface area contributed by atoms with Crippen LogP contribution in [0.15, 0.2) is 24.3 Å². The molecular weight excluding hydrogens is 249 g/mol. The zero-order valence-electron chi connectivity index (χ0n) is 10.7. The van der Waals surface area contributed by atoms with Crippen molar-refractivity contribution in [3.63, 3.8) is 0 Å². The number of hydrogen-bond donors (Lipinski definition) is 1. The Morgan fingerprint density at radius 3 is 2.53 bits per heavy atom. The molecule has 1 aliphatic heterocycles. The van der Waals surface area contributed by atoms with Gasteiger partial charge < -0.3 is 10.0 Å². The highest BCUT2D eigenvalue weighted by Gasteiger charge is 2.39. The number of carbonyl (C=O) groups is 2. The van der Waals surface area contributed by atoms with Gasteiger partial charge in [0.1, 0.15) is 5.82 Å². The van der Waals surface area contributed by atoms with Gasteiger partial charge >= 0.3 is 5.97 Å². The van der Waals surface area contributed by atoms with Gasteiger partial charge in [0.2, 0.25) is 0 Å². The number of rotatable bonds is 2. The molecule has 5 heteroatoms. The summed E-state index contributed by atoms with van der Waals surface area (Å²) in [5.74, 6) is -1.53. The molecule has 1 saturated heterocycles. The van der Waals surface area contributed by atoms with Crippen molar-refractivity contribution < 1.29 is 19.1 Å². The van der Waals surface area contributed by atoms with Crippen molar-refractivity contribution in [1.29, 1.82) is 0 Å². The quantitative estimate of drug-likeness (QED) is 0.891. The van der Waals surface area contributed by atoms with Gasteiger partial charge in [-0.25, -0.2) is 4.39 Å². The van der Waals surface area contributed by atoms with Crippen molar-refractivity contribution >= 4 is 11.9 Å². The Morgan fingerprint density at radius 2 is 1.95 bits per heavy atom. The predicted octanol–water partition coefficient (Wildman–Crippen LogP) is 2.15. The lowest BCUT2D eigenvalue weighted by atomic mass is 9.82. The molecule has 2 rings (SSSR count). The van der Waals surface area contributed by atoms with Crippen LogP contribution in [0.4, 0.5) is 4.39 Å². The second kappa shape index (κ2) is 4.99. The molecule has 0 aliphatic carbocycles. The summed E-state index contributed by atoms with van der Waals surface area (Å²) >= 11 is 0. The van der Waals surface area contributed by atoms with E-state index in [2.05, 4.69) is 0 Å². The molecule has 1 aromatic carbocycles. The Balaban J connectivity index is 2.15. The first-order chi connectivity index (χ1) is 8.92. The van der Waals surface area contributed by atoms with Gasteiger partial charge in [0.25, 0.3) is 5.91 Å². The minimum Gasteiger partial charge on any atom is -0.481 e. The first-order valence-corrected chi connectivity index (χ1v) is 6.21. The van der Waals surface area contributed by atoms with Crippen LogP contribution < -0.4 is 0 Å². The van der Waals surface area contributed by atoms with Crippen LogP contribution in [0.1, 0.15) is 30.1 Å². The number of carbonyl (C=O) groups excluding carboxylic acids is 1. The van der Waals surface area contributed by atoms with Crippen molar-refractivity contribution in [2.75, 3.05) is 13.1 Å². The van der Waals surface area contributed by atoms with Crippen LogP contribution in [0.2, 0.25) is 0 Å². The number of carboxylic acid groups (broad SMARTS) is 1. The molecule has 1 unspecified atom stereocenters. The van der Waals surface area contributed by atoms with E-state index in [4.69, 9.17) is 0 Å². The molecule has 4 nitrogen and oxygen atoms in total. The van der Waals surface area contributed by atoms with Gasteiger partial charge in [-0.2, -0.15) is 0 Å². The number of likely N-dealkylation sites (tertiary alicyclic amines) is 1. The number of benzene rings is 1. The molecule has 1 heterocycles. The summed E-state index contributed by atoms with van der Waals surface area (Å²) in [5.41, 5.74) is -0.510. The number of carboxylic acids is 1. The maximum absolute atomic E-state index is 12.8. The Bertz CT molecular complexity index is 500. The molecule has 0 radical (unpaired) electrons. The second-order valence-electron chi connectivity index (χ2n) is 5.20. The normalized spacial score (nSPS) is 23.2. The van der Waals surface area contributed by atoms with Crippen LogP contribution in [0.5, 0.6) is 0 Å². The standard InChI is InChI=1S/C14H16FNO3/c1-14(13(18)19)7-2-8-16(9-14)12(17)10-3-5-11(15)6-4-10/h3-6H,2,7-9H2,1H3,(H,18,19). The number of nitrogens with zero attached hydrogens (tertiary/aromatic N) is 1. The summed E-state index contributed by atoms with van der Waals surface area (Å²) < 4.78 is 12.8. The molecule has 1 fully saturated rings. The highest BCUT2D eigenvalue weighted by Crippen LogP contribution is 2.30. The number of halogens is 1. The zero-order valence-corrected chi connectivity index (χ0v) is 10.7. The van der Waals surface area contributed by atoms with E-state index in [-0.39, 0.29) is 12.5 Å². The molecule has 19 heavy (non-hydrogen) atoms. The fourth-order valence-electron chi connectivity index (χ4n) is 2.36. The molecule has 0 spiro atoms. The number of amides is 1. The maximum Gasteiger partial charge on any atom is 0.311 e. The summed E-state index contributed by atoms with van der Waals surface area (Å²) in [7, 11) is 0.